The Kier molecular flexibility index (Phi) is 10.8. The van der Waals surface area contributed by atoms with Gasteiger partial charge in [-0.1, -0.05) is 37.5 Å². The van der Waals surface area contributed by atoms with Crippen molar-refractivity contribution in [3.05, 3.63) is 76.7 Å². The van der Waals surface area contributed by atoms with Crippen LogP contribution in [0.25, 0.3) is 6.08 Å². The van der Waals surface area contributed by atoms with Crippen LogP contribution in [0.1, 0.15) is 91.7 Å². The van der Waals surface area contributed by atoms with E-state index in [4.69, 9.17) is 10.5 Å². The number of benzene rings is 1. The fraction of sp³-hybridized carbons (Fsp3) is 0.486. The molecule has 1 fully saturated rings. The minimum absolute atomic E-state index is 0.0858. The van der Waals surface area contributed by atoms with Gasteiger partial charge in [0.15, 0.2) is 29.2 Å². The van der Waals surface area contributed by atoms with Crippen molar-refractivity contribution < 1.29 is 34.8 Å². The zero-order chi connectivity index (χ0) is 33.6. The van der Waals surface area contributed by atoms with E-state index >= 15 is 0 Å². The number of pyridine rings is 1. The maximum Gasteiger partial charge on any atom is 0.170 e. The first-order chi connectivity index (χ1) is 22.7. The molecule has 10 nitrogen and oxygen atoms in total. The predicted molar refractivity (Wildman–Crippen MR) is 179 cm³/mol. The third-order valence-electron chi connectivity index (χ3n) is 10.3. The lowest BCUT2D eigenvalue weighted by Gasteiger charge is -2.41. The van der Waals surface area contributed by atoms with E-state index in [0.29, 0.717) is 41.8 Å². The van der Waals surface area contributed by atoms with Crippen molar-refractivity contribution in [1.82, 2.24) is 9.97 Å². The number of hydrogen-bond donors (Lipinski definition) is 6. The molecule has 5 rings (SSSR count). The van der Waals surface area contributed by atoms with Gasteiger partial charge in [0, 0.05) is 60.0 Å². The van der Waals surface area contributed by atoms with Crippen LogP contribution in [0.4, 0.5) is 5.82 Å². The fourth-order valence-corrected chi connectivity index (χ4v) is 7.62. The molecule has 0 saturated heterocycles. The minimum atomic E-state index is -1.71. The number of H-pyrrole nitrogens is 1. The SMILES string of the molecule is COc1cc(CCC(=O)C(O)C(=O)CCCC2(CO)CCCCC2)cc(C2c3ccnc(N)c3C=CC2(CO)Cc2ccc[nH]2)c1O. The van der Waals surface area contributed by atoms with Gasteiger partial charge in [-0.05, 0) is 79.3 Å². The number of rotatable bonds is 15. The van der Waals surface area contributed by atoms with Crippen LogP contribution in [0.5, 0.6) is 11.5 Å². The quantitative estimate of drug-likeness (QED) is 0.129. The molecule has 252 valence electrons. The molecule has 1 aromatic carbocycles. The van der Waals surface area contributed by atoms with Crippen molar-refractivity contribution in [1.29, 1.82) is 0 Å². The smallest absolute Gasteiger partial charge is 0.170 e. The second kappa shape index (κ2) is 14.8. The van der Waals surface area contributed by atoms with Gasteiger partial charge in [0.25, 0.3) is 0 Å². The van der Waals surface area contributed by atoms with Crippen LogP contribution in [0.15, 0.2) is 48.8 Å². The van der Waals surface area contributed by atoms with Gasteiger partial charge < -0.3 is 35.9 Å². The first-order valence-corrected chi connectivity index (χ1v) is 16.6. The van der Waals surface area contributed by atoms with Crippen molar-refractivity contribution >= 4 is 23.5 Å². The Bertz CT molecular complexity index is 1580. The standard InChI is InChI=1S/C37H47N3O7/c1-47-31-20-24(9-10-30(44)34(46)29(43)8-5-15-36(22-41)13-3-2-4-14-36)19-28(33(31)45)32-26-12-18-40-35(38)27(26)11-16-37(32,23-42)21-25-7-6-17-39-25/h6-7,11-12,16-20,32,34,39,41-42,45-46H,2-5,8-10,13-15,21-23H2,1H3,(H2,38,40). The summed E-state index contributed by atoms with van der Waals surface area (Å²) in [5, 5.41) is 43.1. The second-order valence-corrected chi connectivity index (χ2v) is 13.4. The maximum absolute atomic E-state index is 13.0. The lowest BCUT2D eigenvalue weighted by Crippen LogP contribution is -2.36. The third kappa shape index (κ3) is 7.30. The summed E-state index contributed by atoms with van der Waals surface area (Å²) in [5.74, 6) is -1.21. The Morgan fingerprint density at radius 1 is 1.09 bits per heavy atom. The Morgan fingerprint density at radius 3 is 2.53 bits per heavy atom. The molecule has 0 bridgehead atoms. The van der Waals surface area contributed by atoms with E-state index < -0.39 is 29.0 Å². The van der Waals surface area contributed by atoms with Gasteiger partial charge in [-0.15, -0.1) is 0 Å². The Morgan fingerprint density at radius 2 is 1.85 bits per heavy atom. The molecule has 2 aromatic heterocycles. The Labute approximate surface area is 275 Å². The number of nitrogens with two attached hydrogens (primary N) is 1. The number of aliphatic hydroxyl groups excluding tert-OH is 3. The highest BCUT2D eigenvalue weighted by molar-refractivity contribution is 6.05. The zero-order valence-electron chi connectivity index (χ0n) is 27.1. The van der Waals surface area contributed by atoms with Crippen molar-refractivity contribution in [3.63, 3.8) is 0 Å². The molecule has 10 heteroatoms. The molecule has 0 spiro atoms. The number of aromatic nitrogens is 2. The van der Waals surface area contributed by atoms with E-state index in [1.54, 1.807) is 18.3 Å². The number of ketones is 2. The first kappa shape index (κ1) is 34.3. The van der Waals surface area contributed by atoms with Crippen LogP contribution in [-0.2, 0) is 22.4 Å². The van der Waals surface area contributed by atoms with Crippen LogP contribution < -0.4 is 10.5 Å². The number of nitrogen functional groups attached to an aromatic ring is 1. The number of carbonyl (C=O) groups is 2. The van der Waals surface area contributed by atoms with Gasteiger partial charge in [0.05, 0.1) is 13.7 Å². The molecular formula is C37H47N3O7. The van der Waals surface area contributed by atoms with E-state index in [1.807, 2.05) is 36.5 Å². The molecule has 1 saturated carbocycles. The van der Waals surface area contributed by atoms with Gasteiger partial charge in [-0.3, -0.25) is 9.59 Å². The number of phenolic OH excluding ortho intramolecular Hbond substituents is 1. The highest BCUT2D eigenvalue weighted by Crippen LogP contribution is 2.53. The number of anilines is 1. The van der Waals surface area contributed by atoms with Crippen molar-refractivity contribution in [2.45, 2.75) is 82.7 Å². The number of nitrogens with zero attached hydrogens (tertiary/aromatic N) is 1. The lowest BCUT2D eigenvalue weighted by atomic mass is 9.63. The number of ether oxygens (including phenoxy) is 1. The summed E-state index contributed by atoms with van der Waals surface area (Å²) in [7, 11) is 1.44. The van der Waals surface area contributed by atoms with Crippen molar-refractivity contribution in [2.75, 3.05) is 26.1 Å². The predicted octanol–water partition coefficient (Wildman–Crippen LogP) is 4.63. The molecule has 2 aliphatic rings. The molecule has 0 aliphatic heterocycles. The molecule has 0 amide bonds. The molecule has 0 radical (unpaired) electrons. The summed E-state index contributed by atoms with van der Waals surface area (Å²) < 4.78 is 5.56. The Balaban J connectivity index is 1.36. The maximum atomic E-state index is 13.0. The summed E-state index contributed by atoms with van der Waals surface area (Å²) in [6.45, 7) is -0.147. The first-order valence-electron chi connectivity index (χ1n) is 16.6. The number of aromatic hydroxyl groups is 1. The minimum Gasteiger partial charge on any atom is -0.504 e. The molecular weight excluding hydrogens is 598 g/mol. The molecule has 7 N–H and O–H groups in total. The van der Waals surface area contributed by atoms with E-state index in [2.05, 4.69) is 9.97 Å². The van der Waals surface area contributed by atoms with Gasteiger partial charge in [0.1, 0.15) is 5.82 Å². The monoisotopic (exact) mass is 645 g/mol. The van der Waals surface area contributed by atoms with Crippen molar-refractivity contribution in [3.8, 4) is 11.5 Å². The summed E-state index contributed by atoms with van der Waals surface area (Å²) in [6, 6.07) is 9.10. The van der Waals surface area contributed by atoms with Crippen LogP contribution >= 0.6 is 0 Å². The number of nitrogens with one attached hydrogen (secondary N) is 1. The van der Waals surface area contributed by atoms with Gasteiger partial charge in [0.2, 0.25) is 0 Å². The molecule has 3 unspecified atom stereocenters. The van der Waals surface area contributed by atoms with Gasteiger partial charge >= 0.3 is 0 Å². The van der Waals surface area contributed by atoms with Crippen LogP contribution in [0.3, 0.4) is 0 Å². The molecule has 2 heterocycles. The number of Topliss-reactive ketones (excluding diaryl/α,β-unsaturated/α-hetero) is 2. The molecule has 2 aliphatic carbocycles. The second-order valence-electron chi connectivity index (χ2n) is 13.4. The van der Waals surface area contributed by atoms with Gasteiger partial charge in [-0.2, -0.15) is 0 Å². The summed E-state index contributed by atoms with van der Waals surface area (Å²) in [4.78, 5) is 33.3. The van der Waals surface area contributed by atoms with Crippen LogP contribution in [0, 0.1) is 10.8 Å². The molecule has 47 heavy (non-hydrogen) atoms. The molecule has 3 aromatic rings. The normalized spacial score (nSPS) is 20.8. The van der Waals surface area contributed by atoms with E-state index in [0.717, 1.165) is 43.4 Å². The fourth-order valence-electron chi connectivity index (χ4n) is 7.62. The highest BCUT2D eigenvalue weighted by Gasteiger charge is 2.44. The average Bonchev–Trinajstić information content (AvgIpc) is 3.60. The lowest BCUT2D eigenvalue weighted by molar-refractivity contribution is -0.138. The number of aryl methyl sites for hydroxylation is 1. The summed E-state index contributed by atoms with van der Waals surface area (Å²) in [6.07, 6.45) is 12.5. The third-order valence-corrected chi connectivity index (χ3v) is 10.3. The summed E-state index contributed by atoms with van der Waals surface area (Å²) in [5.41, 5.74) is 8.76. The summed E-state index contributed by atoms with van der Waals surface area (Å²) >= 11 is 0. The number of carbonyl (C=O) groups excluding carboxylic acids is 2. The number of aliphatic hydroxyl groups is 3. The van der Waals surface area contributed by atoms with Crippen molar-refractivity contribution in [2.24, 2.45) is 10.8 Å². The van der Waals surface area contributed by atoms with E-state index in [-0.39, 0.29) is 49.4 Å². The van der Waals surface area contributed by atoms with Crippen LogP contribution in [0.2, 0.25) is 0 Å². The largest absolute Gasteiger partial charge is 0.504 e. The number of methoxy groups -OCH3 is 1. The van der Waals surface area contributed by atoms with E-state index in [9.17, 15) is 30.0 Å². The number of hydrogen-bond acceptors (Lipinski definition) is 9. The van der Waals surface area contributed by atoms with E-state index in [1.165, 1.54) is 7.11 Å². The number of aromatic amines is 1. The molecule has 3 atom stereocenters. The average molecular weight is 646 g/mol. The Hall–Kier alpha value is -3.99. The van der Waals surface area contributed by atoms with Crippen LogP contribution in [-0.4, -0.2) is 68.4 Å². The number of fused-ring (bicyclic) bond motifs is 1. The topological polar surface area (TPSA) is 179 Å². The highest BCUT2D eigenvalue weighted by atomic mass is 16.5. The number of phenols is 1. The zero-order valence-corrected chi connectivity index (χ0v) is 27.1. The van der Waals surface area contributed by atoms with Gasteiger partial charge in [-0.25, -0.2) is 4.98 Å².